The van der Waals surface area contributed by atoms with Crippen molar-refractivity contribution < 1.29 is 23.8 Å². The van der Waals surface area contributed by atoms with Crippen molar-refractivity contribution in [2.45, 2.75) is 52.7 Å². The molecule has 9 heteroatoms. The van der Waals surface area contributed by atoms with Gasteiger partial charge in [-0.2, -0.15) is 5.10 Å². The van der Waals surface area contributed by atoms with Gasteiger partial charge in [0.1, 0.15) is 23.6 Å². The van der Waals surface area contributed by atoms with Crippen LogP contribution in [0.4, 0.5) is 9.59 Å². The lowest BCUT2D eigenvalue weighted by atomic mass is 10.2. The summed E-state index contributed by atoms with van der Waals surface area (Å²) in [6, 6.07) is 10.8. The van der Waals surface area contributed by atoms with Gasteiger partial charge in [-0.15, -0.1) is 4.99 Å². The molecular weight excluding hydrogens is 400 g/mol. The number of rotatable bonds is 4. The smallest absolute Gasteiger partial charge is 0.437 e. The first kappa shape index (κ1) is 23.9. The molecule has 0 saturated heterocycles. The molecule has 2 rings (SSSR count). The number of nitrogens with zero attached hydrogens (tertiary/aromatic N) is 4. The second kappa shape index (κ2) is 10.1. The Balaban J connectivity index is 2.32. The van der Waals surface area contributed by atoms with Crippen molar-refractivity contribution in [2.75, 3.05) is 13.2 Å². The maximum absolute atomic E-state index is 13.0. The Morgan fingerprint density at radius 1 is 1.00 bits per heavy atom. The Hall–Kier alpha value is -3.36. The molecule has 0 aliphatic heterocycles. The van der Waals surface area contributed by atoms with Gasteiger partial charge in [-0.25, -0.2) is 19.2 Å². The van der Waals surface area contributed by atoms with Crippen LogP contribution in [-0.2, 0) is 9.47 Å². The number of hydrogen-bond acceptors (Lipinski definition) is 6. The van der Waals surface area contributed by atoms with Gasteiger partial charge in [0, 0.05) is 12.4 Å². The molecule has 0 atom stereocenters. The van der Waals surface area contributed by atoms with Crippen molar-refractivity contribution in [3.05, 3.63) is 48.8 Å². The third-order valence-electron chi connectivity index (χ3n) is 3.48. The summed E-state index contributed by atoms with van der Waals surface area (Å²) in [5.41, 5.74) is -1.50. The molecule has 9 nitrogen and oxygen atoms in total. The number of aromatic nitrogens is 2. The molecular formula is C22H30N4O5. The quantitative estimate of drug-likeness (QED) is 0.529. The van der Waals surface area contributed by atoms with Crippen LogP contribution in [0.5, 0.6) is 5.75 Å². The van der Waals surface area contributed by atoms with Crippen LogP contribution < -0.4 is 4.74 Å². The van der Waals surface area contributed by atoms with Gasteiger partial charge >= 0.3 is 12.2 Å². The number of amides is 2. The first-order valence-corrected chi connectivity index (χ1v) is 9.95. The largest absolute Gasteiger partial charge is 0.492 e. The molecule has 0 aliphatic carbocycles. The minimum absolute atomic E-state index is 0.0508. The summed E-state index contributed by atoms with van der Waals surface area (Å²) < 4.78 is 17.8. The molecule has 2 aromatic rings. The van der Waals surface area contributed by atoms with E-state index in [1.165, 1.54) is 15.8 Å². The second-order valence-corrected chi connectivity index (χ2v) is 8.64. The molecule has 168 valence electrons. The second-order valence-electron chi connectivity index (χ2n) is 8.64. The Morgan fingerprint density at radius 2 is 1.65 bits per heavy atom. The Kier molecular flexibility index (Phi) is 7.79. The number of carbonyl (C=O) groups excluding carboxylic acids is 2. The summed E-state index contributed by atoms with van der Waals surface area (Å²) >= 11 is 0. The topological polar surface area (TPSA) is 95.2 Å². The highest BCUT2D eigenvalue weighted by Crippen LogP contribution is 2.14. The number of para-hydroxylation sites is 1. The first-order chi connectivity index (χ1) is 14.4. The van der Waals surface area contributed by atoms with E-state index in [1.54, 1.807) is 65.9 Å². The molecule has 0 N–H and O–H groups in total. The average Bonchev–Trinajstić information content (AvgIpc) is 3.16. The fourth-order valence-corrected chi connectivity index (χ4v) is 2.35. The lowest BCUT2D eigenvalue weighted by molar-refractivity contribution is 0.0345. The molecule has 0 bridgehead atoms. The molecule has 0 aliphatic rings. The minimum Gasteiger partial charge on any atom is -0.492 e. The van der Waals surface area contributed by atoms with Gasteiger partial charge in [-0.05, 0) is 59.7 Å². The van der Waals surface area contributed by atoms with Crippen molar-refractivity contribution >= 4 is 18.1 Å². The zero-order valence-corrected chi connectivity index (χ0v) is 18.9. The Labute approximate surface area is 182 Å². The third kappa shape index (κ3) is 8.49. The fourth-order valence-electron chi connectivity index (χ4n) is 2.35. The normalized spacial score (nSPS) is 12.3. The van der Waals surface area contributed by atoms with Crippen LogP contribution in [0.1, 0.15) is 41.5 Å². The molecule has 1 aromatic heterocycles. The fraction of sp³-hybridized carbons (Fsp3) is 0.455. The van der Waals surface area contributed by atoms with Crippen LogP contribution in [0, 0.1) is 0 Å². The van der Waals surface area contributed by atoms with Crippen molar-refractivity contribution in [1.82, 2.24) is 14.7 Å². The predicted octanol–water partition coefficient (Wildman–Crippen LogP) is 4.34. The summed E-state index contributed by atoms with van der Waals surface area (Å²) in [6.07, 6.45) is 1.54. The molecule has 0 spiro atoms. The van der Waals surface area contributed by atoms with E-state index in [1.807, 2.05) is 18.2 Å². The summed E-state index contributed by atoms with van der Waals surface area (Å²) in [7, 11) is 0. The van der Waals surface area contributed by atoms with Gasteiger partial charge in [-0.3, -0.25) is 0 Å². The predicted molar refractivity (Wildman–Crippen MR) is 116 cm³/mol. The van der Waals surface area contributed by atoms with Crippen molar-refractivity contribution in [3.8, 4) is 5.75 Å². The van der Waals surface area contributed by atoms with E-state index in [2.05, 4.69) is 10.1 Å². The summed E-state index contributed by atoms with van der Waals surface area (Å²) in [4.78, 5) is 30.6. The first-order valence-electron chi connectivity index (χ1n) is 9.95. The molecule has 0 fully saturated rings. The SMILES string of the molecule is CC(C)(C)OC(=O)/N=C(\N(CCOc1ccccc1)C(=O)OC(C)(C)C)n1cccn1. The highest BCUT2D eigenvalue weighted by atomic mass is 16.6. The Morgan fingerprint density at radius 3 is 2.19 bits per heavy atom. The van der Waals surface area contributed by atoms with Crippen LogP contribution in [0.3, 0.4) is 0 Å². The van der Waals surface area contributed by atoms with Crippen LogP contribution >= 0.6 is 0 Å². The molecule has 1 aromatic carbocycles. The molecule has 0 saturated carbocycles. The number of hydrogen-bond donors (Lipinski definition) is 0. The van der Waals surface area contributed by atoms with Gasteiger partial charge in [0.15, 0.2) is 0 Å². The molecule has 0 unspecified atom stereocenters. The highest BCUT2D eigenvalue weighted by molar-refractivity contribution is 5.99. The van der Waals surface area contributed by atoms with Crippen molar-refractivity contribution in [1.29, 1.82) is 0 Å². The zero-order chi connectivity index (χ0) is 23.1. The highest BCUT2D eigenvalue weighted by Gasteiger charge is 2.29. The van der Waals surface area contributed by atoms with Crippen molar-refractivity contribution in [2.24, 2.45) is 4.99 Å². The minimum atomic E-state index is -0.851. The maximum atomic E-state index is 13.0. The summed E-state index contributed by atoms with van der Waals surface area (Å²) in [5.74, 6) is 0.599. The van der Waals surface area contributed by atoms with Gasteiger partial charge < -0.3 is 14.2 Å². The molecule has 1 heterocycles. The summed E-state index contributed by atoms with van der Waals surface area (Å²) in [6.45, 7) is 10.6. The van der Waals surface area contributed by atoms with Crippen molar-refractivity contribution in [3.63, 3.8) is 0 Å². The number of carbonyl (C=O) groups is 2. The van der Waals surface area contributed by atoms with Crippen LogP contribution in [-0.4, -0.2) is 57.2 Å². The zero-order valence-electron chi connectivity index (χ0n) is 18.9. The van der Waals surface area contributed by atoms with Gasteiger partial charge in [0.05, 0.1) is 6.54 Å². The van der Waals surface area contributed by atoms with E-state index in [-0.39, 0.29) is 19.1 Å². The third-order valence-corrected chi connectivity index (χ3v) is 3.48. The van der Waals surface area contributed by atoms with E-state index in [0.29, 0.717) is 5.75 Å². The molecule has 2 amide bonds. The van der Waals surface area contributed by atoms with E-state index >= 15 is 0 Å². The number of benzene rings is 1. The Bertz CT molecular complexity index is 881. The van der Waals surface area contributed by atoms with E-state index < -0.39 is 23.4 Å². The van der Waals surface area contributed by atoms with Gasteiger partial charge in [-0.1, -0.05) is 18.2 Å². The van der Waals surface area contributed by atoms with Gasteiger partial charge in [0.2, 0.25) is 5.96 Å². The average molecular weight is 431 g/mol. The molecule has 31 heavy (non-hydrogen) atoms. The number of ether oxygens (including phenoxy) is 3. The van der Waals surface area contributed by atoms with E-state index in [4.69, 9.17) is 14.2 Å². The van der Waals surface area contributed by atoms with E-state index in [0.717, 1.165) is 0 Å². The summed E-state index contributed by atoms with van der Waals surface area (Å²) in [5, 5.41) is 4.12. The van der Waals surface area contributed by atoms with Crippen LogP contribution in [0.25, 0.3) is 0 Å². The van der Waals surface area contributed by atoms with Gasteiger partial charge in [0.25, 0.3) is 0 Å². The maximum Gasteiger partial charge on any atom is 0.437 e. The molecule has 0 radical (unpaired) electrons. The standard InChI is InChI=1S/C22H30N4O5/c1-21(2,3)30-19(27)24-18(26-14-10-13-23-26)25(20(28)31-22(4,5)6)15-16-29-17-11-8-7-9-12-17/h7-14H,15-16H2,1-6H3/b24-18+. The lowest BCUT2D eigenvalue weighted by Crippen LogP contribution is -2.46. The van der Waals surface area contributed by atoms with E-state index in [9.17, 15) is 9.59 Å². The monoisotopic (exact) mass is 430 g/mol. The van der Waals surface area contributed by atoms with Crippen LogP contribution in [0.15, 0.2) is 53.8 Å². The number of aliphatic imine (C=N–C) groups is 1. The van der Waals surface area contributed by atoms with Crippen LogP contribution in [0.2, 0.25) is 0 Å². The lowest BCUT2D eigenvalue weighted by Gasteiger charge is -2.28.